The van der Waals surface area contributed by atoms with Crippen molar-refractivity contribution in [3.63, 3.8) is 0 Å². The van der Waals surface area contributed by atoms with E-state index in [1.807, 2.05) is 0 Å². The average Bonchev–Trinajstić information content (AvgIpc) is 3.20. The lowest BCUT2D eigenvalue weighted by Crippen LogP contribution is -2.63. The number of aliphatic hydroxyl groups is 10. The predicted octanol–water partition coefficient (Wildman–Crippen LogP) is -1.44. The molecule has 3 heterocycles. The minimum Gasteiger partial charge on any atom is -0.507 e. The van der Waals surface area contributed by atoms with E-state index in [4.69, 9.17) is 37.9 Å². The number of aliphatic hydroxyl groups excluding tert-OH is 10. The molecule has 14 atom stereocenters. The van der Waals surface area contributed by atoms with Gasteiger partial charge in [-0.2, -0.15) is 0 Å². The average molecular weight is 825 g/mol. The van der Waals surface area contributed by atoms with Gasteiger partial charge in [0.1, 0.15) is 89.8 Å². The first-order valence-electron chi connectivity index (χ1n) is 18.5. The summed E-state index contributed by atoms with van der Waals surface area (Å²) in [6.45, 7) is 4.84. The SMILES string of the molecule is COc1ccc(-c2oc3c(CC=C(C)C)c(OCC(O)C(O)C(O)C(O)CO)cc(O)c3c(=O)c2OC2OC(C)C(O)C(O)C2OC2OC(C)C(O)C(O)C2O)cc1. The first kappa shape index (κ1) is 45.2. The van der Waals surface area contributed by atoms with Crippen LogP contribution in [0, 0.1) is 0 Å². The standard InChI is InChI=1S/C39H52O19/c1-15(2)6-11-20-24(53-14-23(43)29(47)28(46)22(42)13-40)12-21(41)25-30(48)36(34(56-35(20)25)18-7-9-19(52-5)10-8-18)57-39-37(32(50)27(45)17(4)55-39)58-38-33(51)31(49)26(44)16(3)54-38/h6-10,12,16-17,22-23,26-29,31-33,37-47,49-51H,11,13-14H2,1-5H3. The van der Waals surface area contributed by atoms with Crippen LogP contribution in [0.4, 0.5) is 0 Å². The fraction of sp³-hybridized carbons (Fsp3) is 0.564. The fourth-order valence-corrected chi connectivity index (χ4v) is 6.50. The third-order valence-corrected chi connectivity index (χ3v) is 10.1. The summed E-state index contributed by atoms with van der Waals surface area (Å²) < 4.78 is 41.0. The summed E-state index contributed by atoms with van der Waals surface area (Å²) in [5.74, 6) is -1.15. The van der Waals surface area contributed by atoms with Crippen LogP contribution in [-0.2, 0) is 20.6 Å². The monoisotopic (exact) mass is 824 g/mol. The number of phenolic OH excluding ortho intramolecular Hbond substituents is 1. The smallest absolute Gasteiger partial charge is 0.239 e. The van der Waals surface area contributed by atoms with E-state index in [1.165, 1.54) is 33.1 Å². The summed E-state index contributed by atoms with van der Waals surface area (Å²) in [5, 5.41) is 114. The van der Waals surface area contributed by atoms with Gasteiger partial charge in [0, 0.05) is 17.2 Å². The van der Waals surface area contributed by atoms with Gasteiger partial charge in [-0.15, -0.1) is 0 Å². The molecule has 5 rings (SSSR count). The molecule has 19 heteroatoms. The van der Waals surface area contributed by atoms with Crippen molar-refractivity contribution in [2.24, 2.45) is 0 Å². The maximum atomic E-state index is 14.7. The zero-order valence-electron chi connectivity index (χ0n) is 32.4. The van der Waals surface area contributed by atoms with Crippen LogP contribution in [0.5, 0.6) is 23.0 Å². The van der Waals surface area contributed by atoms with Gasteiger partial charge in [-0.25, -0.2) is 0 Å². The number of hydrogen-bond acceptors (Lipinski definition) is 19. The molecule has 0 amide bonds. The van der Waals surface area contributed by atoms with Crippen LogP contribution in [0.1, 0.15) is 33.3 Å². The molecule has 14 unspecified atom stereocenters. The minimum absolute atomic E-state index is 0.0378. The number of ether oxygens (including phenoxy) is 6. The molecule has 0 aliphatic carbocycles. The first-order valence-corrected chi connectivity index (χ1v) is 18.5. The largest absolute Gasteiger partial charge is 0.507 e. The van der Waals surface area contributed by atoms with Gasteiger partial charge in [-0.05, 0) is 58.4 Å². The van der Waals surface area contributed by atoms with Crippen molar-refractivity contribution in [2.45, 2.75) is 120 Å². The number of fused-ring (bicyclic) bond motifs is 1. The second kappa shape index (κ2) is 19.0. The lowest BCUT2D eigenvalue weighted by atomic mass is 9.98. The molecule has 58 heavy (non-hydrogen) atoms. The van der Waals surface area contributed by atoms with Gasteiger partial charge in [0.2, 0.25) is 17.5 Å². The highest BCUT2D eigenvalue weighted by Crippen LogP contribution is 2.41. The van der Waals surface area contributed by atoms with E-state index in [1.54, 1.807) is 32.1 Å². The summed E-state index contributed by atoms with van der Waals surface area (Å²) in [6.07, 6.45) is -21.4. The van der Waals surface area contributed by atoms with Gasteiger partial charge in [-0.3, -0.25) is 4.79 Å². The summed E-state index contributed by atoms with van der Waals surface area (Å²) in [6, 6.07) is 7.26. The Bertz CT molecular complexity index is 1930. The Morgan fingerprint density at radius 3 is 2.05 bits per heavy atom. The Hall–Kier alpha value is -3.93. The minimum atomic E-state index is -1.96. The van der Waals surface area contributed by atoms with E-state index in [2.05, 4.69) is 0 Å². The fourth-order valence-electron chi connectivity index (χ4n) is 6.50. The van der Waals surface area contributed by atoms with E-state index in [9.17, 15) is 55.9 Å². The van der Waals surface area contributed by atoms with Crippen LogP contribution in [-0.4, -0.2) is 162 Å². The molecule has 2 fully saturated rings. The van der Waals surface area contributed by atoms with Crippen LogP contribution in [0.3, 0.4) is 0 Å². The summed E-state index contributed by atoms with van der Waals surface area (Å²) in [4.78, 5) is 14.7. The molecular weight excluding hydrogens is 772 g/mol. The van der Waals surface area contributed by atoms with Gasteiger partial charge in [0.05, 0.1) is 25.9 Å². The zero-order chi connectivity index (χ0) is 42.7. The topological polar surface area (TPSA) is 308 Å². The number of phenols is 1. The van der Waals surface area contributed by atoms with Gasteiger partial charge in [-0.1, -0.05) is 11.6 Å². The third kappa shape index (κ3) is 9.42. The molecule has 2 aliphatic heterocycles. The molecule has 1 aromatic heterocycles. The highest BCUT2D eigenvalue weighted by molar-refractivity contribution is 5.91. The highest BCUT2D eigenvalue weighted by Gasteiger charge is 2.50. The molecule has 0 spiro atoms. The van der Waals surface area contributed by atoms with E-state index in [-0.39, 0.29) is 34.6 Å². The van der Waals surface area contributed by atoms with Crippen molar-refractivity contribution in [3.8, 4) is 34.3 Å². The molecule has 0 saturated carbocycles. The lowest BCUT2D eigenvalue weighted by Gasteiger charge is -2.45. The van der Waals surface area contributed by atoms with Gasteiger partial charge in [0.25, 0.3) is 0 Å². The molecule has 11 N–H and O–H groups in total. The highest BCUT2D eigenvalue weighted by atomic mass is 16.8. The molecule has 2 aromatic carbocycles. The van der Waals surface area contributed by atoms with Gasteiger partial charge >= 0.3 is 0 Å². The van der Waals surface area contributed by atoms with Crippen molar-refractivity contribution in [3.05, 3.63) is 57.8 Å². The predicted molar refractivity (Wildman–Crippen MR) is 200 cm³/mol. The lowest BCUT2D eigenvalue weighted by molar-refractivity contribution is -0.352. The molecule has 0 radical (unpaired) electrons. The Morgan fingerprint density at radius 1 is 0.845 bits per heavy atom. The Labute approximate surface area is 332 Å². The molecule has 322 valence electrons. The molecule has 19 nitrogen and oxygen atoms in total. The van der Waals surface area contributed by atoms with E-state index in [0.29, 0.717) is 5.75 Å². The van der Waals surface area contributed by atoms with Crippen molar-refractivity contribution in [1.82, 2.24) is 0 Å². The number of rotatable bonds is 15. The van der Waals surface area contributed by atoms with Crippen LogP contribution in [0.2, 0.25) is 0 Å². The van der Waals surface area contributed by atoms with Crippen molar-refractivity contribution >= 4 is 11.0 Å². The summed E-state index contributed by atoms with van der Waals surface area (Å²) >= 11 is 0. The van der Waals surface area contributed by atoms with Gasteiger partial charge in [0.15, 0.2) is 18.2 Å². The summed E-state index contributed by atoms with van der Waals surface area (Å²) in [7, 11) is 1.44. The van der Waals surface area contributed by atoms with Crippen LogP contribution < -0.4 is 19.6 Å². The summed E-state index contributed by atoms with van der Waals surface area (Å²) in [5.41, 5.74) is 0.110. The first-order chi connectivity index (χ1) is 27.4. The van der Waals surface area contributed by atoms with Crippen molar-refractivity contribution in [2.75, 3.05) is 20.3 Å². The molecule has 2 saturated heterocycles. The Balaban J connectivity index is 1.65. The normalized spacial score (nSPS) is 29.6. The third-order valence-electron chi connectivity index (χ3n) is 10.1. The van der Waals surface area contributed by atoms with Gasteiger partial charge < -0.3 is 89.0 Å². The molecule has 3 aromatic rings. The number of hydrogen-bond donors (Lipinski definition) is 11. The molecular formula is C39H52O19. The maximum Gasteiger partial charge on any atom is 0.239 e. The zero-order valence-corrected chi connectivity index (χ0v) is 32.4. The van der Waals surface area contributed by atoms with Crippen LogP contribution in [0.15, 0.2) is 51.2 Å². The second-order valence-electron chi connectivity index (χ2n) is 14.6. The van der Waals surface area contributed by atoms with E-state index >= 15 is 0 Å². The maximum absolute atomic E-state index is 14.7. The molecule has 2 aliphatic rings. The Morgan fingerprint density at radius 2 is 1.45 bits per heavy atom. The number of allylic oxidation sites excluding steroid dienone is 2. The second-order valence-corrected chi connectivity index (χ2v) is 14.6. The number of aromatic hydroxyl groups is 1. The van der Waals surface area contributed by atoms with E-state index in [0.717, 1.165) is 11.6 Å². The quantitative estimate of drug-likeness (QED) is 0.0782. The van der Waals surface area contributed by atoms with Crippen molar-refractivity contribution in [1.29, 1.82) is 0 Å². The number of methoxy groups -OCH3 is 1. The molecule has 0 bridgehead atoms. The Kier molecular flexibility index (Phi) is 14.8. The van der Waals surface area contributed by atoms with Crippen LogP contribution >= 0.6 is 0 Å². The van der Waals surface area contributed by atoms with Crippen molar-refractivity contribution < 1.29 is 89.0 Å². The van der Waals surface area contributed by atoms with E-state index < -0.39 is 121 Å². The van der Waals surface area contributed by atoms with Crippen LogP contribution in [0.25, 0.3) is 22.3 Å². The number of benzene rings is 2.